The number of nitrogens with zero attached hydrogens (tertiary/aromatic N) is 1. The van der Waals surface area contributed by atoms with Crippen molar-refractivity contribution in [3.63, 3.8) is 0 Å². The van der Waals surface area contributed by atoms with Crippen molar-refractivity contribution in [3.8, 4) is 11.1 Å². The molecule has 3 heteroatoms. The Morgan fingerprint density at radius 2 is 1.86 bits per heavy atom. The number of fused-ring (bicyclic) bond motifs is 1. The lowest BCUT2D eigenvalue weighted by Gasteiger charge is -2.03. The van der Waals surface area contributed by atoms with Crippen molar-refractivity contribution in [1.82, 2.24) is 4.98 Å². The Labute approximate surface area is 128 Å². The highest BCUT2D eigenvalue weighted by atomic mass is 32.1. The first-order valence-electron chi connectivity index (χ1n) is 7.51. The Bertz CT molecular complexity index is 763. The van der Waals surface area contributed by atoms with Gasteiger partial charge in [-0.2, -0.15) is 0 Å². The largest absolute Gasteiger partial charge is 0.328 e. The molecule has 4 rings (SSSR count). The van der Waals surface area contributed by atoms with Crippen LogP contribution in [0.4, 0.5) is 0 Å². The maximum Gasteiger partial charge on any atom is 0.0970 e. The molecule has 2 atom stereocenters. The molecule has 0 saturated heterocycles. The molecule has 3 aromatic rings. The molecule has 2 unspecified atom stereocenters. The van der Waals surface area contributed by atoms with E-state index < -0.39 is 0 Å². The molecule has 0 bridgehead atoms. The SMILES string of the molecule is NC1CCC(c2nc3ccc(-c4ccccc4)cc3s2)C1. The van der Waals surface area contributed by atoms with Gasteiger partial charge in [0, 0.05) is 12.0 Å². The maximum atomic E-state index is 6.03. The number of thiazole rings is 1. The van der Waals surface area contributed by atoms with Crippen molar-refractivity contribution in [2.75, 3.05) is 0 Å². The van der Waals surface area contributed by atoms with Gasteiger partial charge in [0.05, 0.1) is 15.2 Å². The molecule has 1 heterocycles. The standard InChI is InChI=1S/C18H18N2S/c19-15-8-6-14(10-15)18-20-16-9-7-13(11-17(16)21-18)12-4-2-1-3-5-12/h1-5,7,9,11,14-15H,6,8,10,19H2. The highest BCUT2D eigenvalue weighted by Crippen LogP contribution is 2.38. The van der Waals surface area contributed by atoms with Crippen LogP contribution in [0.1, 0.15) is 30.2 Å². The molecule has 0 aliphatic heterocycles. The van der Waals surface area contributed by atoms with Gasteiger partial charge >= 0.3 is 0 Å². The van der Waals surface area contributed by atoms with Crippen molar-refractivity contribution in [2.45, 2.75) is 31.2 Å². The summed E-state index contributed by atoms with van der Waals surface area (Å²) in [5.41, 5.74) is 9.68. The first-order valence-corrected chi connectivity index (χ1v) is 8.33. The van der Waals surface area contributed by atoms with Crippen LogP contribution in [0.25, 0.3) is 21.3 Å². The molecule has 2 N–H and O–H groups in total. The lowest BCUT2D eigenvalue weighted by molar-refractivity contribution is 0.673. The molecule has 0 radical (unpaired) electrons. The minimum absolute atomic E-state index is 0.363. The smallest absolute Gasteiger partial charge is 0.0970 e. The zero-order valence-electron chi connectivity index (χ0n) is 11.8. The number of nitrogens with two attached hydrogens (primary N) is 1. The van der Waals surface area contributed by atoms with Crippen LogP contribution in [0.15, 0.2) is 48.5 Å². The van der Waals surface area contributed by atoms with E-state index in [0.29, 0.717) is 12.0 Å². The van der Waals surface area contributed by atoms with Crippen molar-refractivity contribution in [3.05, 3.63) is 53.5 Å². The number of rotatable bonds is 2. The van der Waals surface area contributed by atoms with Gasteiger partial charge in [-0.05, 0) is 42.5 Å². The molecule has 1 aliphatic rings. The second-order valence-corrected chi connectivity index (χ2v) is 6.93. The summed E-state index contributed by atoms with van der Waals surface area (Å²) in [5.74, 6) is 0.567. The Balaban J connectivity index is 1.72. The van der Waals surface area contributed by atoms with E-state index in [1.165, 1.54) is 27.3 Å². The summed E-state index contributed by atoms with van der Waals surface area (Å²) in [7, 11) is 0. The van der Waals surface area contributed by atoms with Crippen LogP contribution in [0, 0.1) is 0 Å². The molecule has 0 spiro atoms. The quantitative estimate of drug-likeness (QED) is 0.752. The third kappa shape index (κ3) is 2.47. The van der Waals surface area contributed by atoms with E-state index in [1.54, 1.807) is 0 Å². The fraction of sp³-hybridized carbons (Fsp3) is 0.278. The average Bonchev–Trinajstić information content (AvgIpc) is 3.13. The van der Waals surface area contributed by atoms with Gasteiger partial charge in [0.15, 0.2) is 0 Å². The van der Waals surface area contributed by atoms with Crippen LogP contribution >= 0.6 is 11.3 Å². The van der Waals surface area contributed by atoms with Gasteiger partial charge in [-0.15, -0.1) is 11.3 Å². The number of benzene rings is 2. The van der Waals surface area contributed by atoms with E-state index >= 15 is 0 Å². The highest BCUT2D eigenvalue weighted by molar-refractivity contribution is 7.18. The van der Waals surface area contributed by atoms with Gasteiger partial charge in [0.25, 0.3) is 0 Å². The molecular weight excluding hydrogens is 276 g/mol. The second kappa shape index (κ2) is 5.24. The van der Waals surface area contributed by atoms with E-state index in [-0.39, 0.29) is 0 Å². The van der Waals surface area contributed by atoms with E-state index in [9.17, 15) is 0 Å². The zero-order valence-corrected chi connectivity index (χ0v) is 12.6. The topological polar surface area (TPSA) is 38.9 Å². The first kappa shape index (κ1) is 13.0. The van der Waals surface area contributed by atoms with Gasteiger partial charge in [-0.25, -0.2) is 4.98 Å². The lowest BCUT2D eigenvalue weighted by Crippen LogP contribution is -2.14. The fourth-order valence-electron chi connectivity index (χ4n) is 3.17. The summed E-state index contributed by atoms with van der Waals surface area (Å²) in [6.45, 7) is 0. The molecule has 21 heavy (non-hydrogen) atoms. The van der Waals surface area contributed by atoms with Crippen LogP contribution in [-0.2, 0) is 0 Å². The van der Waals surface area contributed by atoms with Crippen molar-refractivity contribution < 1.29 is 0 Å². The second-order valence-electron chi connectivity index (χ2n) is 5.87. The van der Waals surface area contributed by atoms with Crippen LogP contribution in [0.3, 0.4) is 0 Å². The molecule has 1 aromatic heterocycles. The summed E-state index contributed by atoms with van der Waals surface area (Å²) in [4.78, 5) is 4.83. The average molecular weight is 294 g/mol. The predicted molar refractivity (Wildman–Crippen MR) is 89.6 cm³/mol. The van der Waals surface area contributed by atoms with E-state index in [1.807, 2.05) is 11.3 Å². The summed E-state index contributed by atoms with van der Waals surface area (Å²) in [6.07, 6.45) is 3.41. The molecule has 1 saturated carbocycles. The van der Waals surface area contributed by atoms with E-state index in [0.717, 1.165) is 18.4 Å². The summed E-state index contributed by atoms with van der Waals surface area (Å²) >= 11 is 1.84. The minimum atomic E-state index is 0.363. The minimum Gasteiger partial charge on any atom is -0.328 e. The van der Waals surface area contributed by atoms with Crippen molar-refractivity contribution >= 4 is 21.6 Å². The van der Waals surface area contributed by atoms with Gasteiger partial charge in [0.1, 0.15) is 0 Å². The normalized spacial score (nSPS) is 22.0. The molecule has 2 aromatic carbocycles. The zero-order chi connectivity index (χ0) is 14.2. The third-order valence-electron chi connectivity index (χ3n) is 4.33. The van der Waals surface area contributed by atoms with Crippen molar-refractivity contribution in [1.29, 1.82) is 0 Å². The fourth-order valence-corrected chi connectivity index (χ4v) is 4.32. The summed E-state index contributed by atoms with van der Waals surface area (Å²) in [6, 6.07) is 17.5. The lowest BCUT2D eigenvalue weighted by atomic mass is 10.1. The summed E-state index contributed by atoms with van der Waals surface area (Å²) in [5, 5.41) is 1.27. The van der Waals surface area contributed by atoms with Crippen molar-refractivity contribution in [2.24, 2.45) is 5.73 Å². The molecule has 1 fully saturated rings. The number of hydrogen-bond acceptors (Lipinski definition) is 3. The Hall–Kier alpha value is -1.71. The van der Waals surface area contributed by atoms with Crippen LogP contribution in [0.5, 0.6) is 0 Å². The van der Waals surface area contributed by atoms with Gasteiger partial charge in [-0.1, -0.05) is 36.4 Å². The molecule has 2 nitrogen and oxygen atoms in total. The van der Waals surface area contributed by atoms with Crippen LogP contribution in [-0.4, -0.2) is 11.0 Å². The Kier molecular flexibility index (Phi) is 3.24. The van der Waals surface area contributed by atoms with Gasteiger partial charge < -0.3 is 5.73 Å². The third-order valence-corrected chi connectivity index (χ3v) is 5.52. The molecular formula is C18H18N2S. The summed E-state index contributed by atoms with van der Waals surface area (Å²) < 4.78 is 1.28. The monoisotopic (exact) mass is 294 g/mol. The van der Waals surface area contributed by atoms with Crippen LogP contribution in [0.2, 0.25) is 0 Å². The van der Waals surface area contributed by atoms with E-state index in [4.69, 9.17) is 10.7 Å². The number of hydrogen-bond donors (Lipinski definition) is 1. The molecule has 1 aliphatic carbocycles. The molecule has 106 valence electrons. The van der Waals surface area contributed by atoms with Crippen LogP contribution < -0.4 is 5.73 Å². The predicted octanol–water partition coefficient (Wildman–Crippen LogP) is 4.56. The first-order chi connectivity index (χ1) is 10.3. The highest BCUT2D eigenvalue weighted by Gasteiger charge is 2.25. The van der Waals surface area contributed by atoms with Gasteiger partial charge in [0.2, 0.25) is 0 Å². The van der Waals surface area contributed by atoms with Gasteiger partial charge in [-0.3, -0.25) is 0 Å². The van der Waals surface area contributed by atoms with E-state index in [2.05, 4.69) is 48.5 Å². The Morgan fingerprint density at radius 3 is 2.62 bits per heavy atom. The maximum absolute atomic E-state index is 6.03. The number of aromatic nitrogens is 1. The Morgan fingerprint density at radius 1 is 1.00 bits per heavy atom. The molecule has 0 amide bonds.